The standard InChI is InChI=1S/C11H12N2O3S/c1-15-6-10(14)13-11-12-8-5-7(16-2)3-4-9(8)17-11/h3-5H,6H2,1-2H3,(H,12,13,14). The van der Waals surface area contributed by atoms with Crippen molar-refractivity contribution in [3.05, 3.63) is 18.2 Å². The van der Waals surface area contributed by atoms with Crippen LogP contribution in [0.2, 0.25) is 0 Å². The van der Waals surface area contributed by atoms with Crippen LogP contribution in [0.25, 0.3) is 10.2 Å². The van der Waals surface area contributed by atoms with Crippen molar-refractivity contribution in [3.8, 4) is 5.75 Å². The summed E-state index contributed by atoms with van der Waals surface area (Å²) in [7, 11) is 3.08. The van der Waals surface area contributed by atoms with E-state index in [0.29, 0.717) is 5.13 Å². The average molecular weight is 252 g/mol. The van der Waals surface area contributed by atoms with E-state index in [0.717, 1.165) is 16.0 Å². The van der Waals surface area contributed by atoms with Crippen molar-refractivity contribution < 1.29 is 14.3 Å². The second-order valence-electron chi connectivity index (χ2n) is 3.33. The molecule has 0 spiro atoms. The maximum Gasteiger partial charge on any atom is 0.252 e. The third kappa shape index (κ3) is 2.72. The fourth-order valence-electron chi connectivity index (χ4n) is 1.37. The minimum absolute atomic E-state index is 0.0270. The molecule has 1 aromatic heterocycles. The first-order valence-electron chi connectivity index (χ1n) is 4.96. The lowest BCUT2D eigenvalue weighted by atomic mass is 10.3. The SMILES string of the molecule is COCC(=O)Nc1nc2cc(OC)ccc2s1. The van der Waals surface area contributed by atoms with E-state index in [-0.39, 0.29) is 12.5 Å². The van der Waals surface area contributed by atoms with E-state index in [1.165, 1.54) is 18.4 Å². The van der Waals surface area contributed by atoms with E-state index in [1.54, 1.807) is 7.11 Å². The van der Waals surface area contributed by atoms with Gasteiger partial charge in [0.15, 0.2) is 5.13 Å². The van der Waals surface area contributed by atoms with Gasteiger partial charge in [-0.15, -0.1) is 0 Å². The Morgan fingerprint density at radius 2 is 2.29 bits per heavy atom. The largest absolute Gasteiger partial charge is 0.497 e. The quantitative estimate of drug-likeness (QED) is 0.902. The van der Waals surface area contributed by atoms with E-state index in [1.807, 2.05) is 18.2 Å². The van der Waals surface area contributed by atoms with Crippen molar-refractivity contribution in [2.24, 2.45) is 0 Å². The normalized spacial score (nSPS) is 10.5. The summed E-state index contributed by atoms with van der Waals surface area (Å²) >= 11 is 1.42. The number of hydrogen-bond acceptors (Lipinski definition) is 5. The van der Waals surface area contributed by atoms with Gasteiger partial charge in [-0.25, -0.2) is 4.98 Å². The molecule has 6 heteroatoms. The monoisotopic (exact) mass is 252 g/mol. The van der Waals surface area contributed by atoms with Crippen LogP contribution in [0.3, 0.4) is 0 Å². The van der Waals surface area contributed by atoms with Crippen LogP contribution in [0.15, 0.2) is 18.2 Å². The van der Waals surface area contributed by atoms with Gasteiger partial charge >= 0.3 is 0 Å². The molecule has 0 bridgehead atoms. The van der Waals surface area contributed by atoms with Crippen LogP contribution >= 0.6 is 11.3 Å². The topological polar surface area (TPSA) is 60.5 Å². The van der Waals surface area contributed by atoms with Gasteiger partial charge in [-0.3, -0.25) is 10.1 Å². The predicted molar refractivity (Wildman–Crippen MR) is 66.7 cm³/mol. The maximum absolute atomic E-state index is 11.3. The number of aromatic nitrogens is 1. The van der Waals surface area contributed by atoms with Gasteiger partial charge in [-0.05, 0) is 12.1 Å². The second-order valence-corrected chi connectivity index (χ2v) is 4.36. The third-order valence-corrected chi connectivity index (χ3v) is 3.07. The molecule has 0 atom stereocenters. The van der Waals surface area contributed by atoms with Crippen molar-refractivity contribution in [2.75, 3.05) is 26.1 Å². The zero-order chi connectivity index (χ0) is 12.3. The lowest BCUT2D eigenvalue weighted by molar-refractivity contribution is -0.119. The summed E-state index contributed by atoms with van der Waals surface area (Å²) < 4.78 is 10.8. The molecule has 0 aliphatic carbocycles. The highest BCUT2D eigenvalue weighted by Gasteiger charge is 2.08. The highest BCUT2D eigenvalue weighted by Crippen LogP contribution is 2.28. The number of ether oxygens (including phenoxy) is 2. The van der Waals surface area contributed by atoms with Gasteiger partial charge in [0, 0.05) is 13.2 Å². The number of carbonyl (C=O) groups excluding carboxylic acids is 1. The fourth-order valence-corrected chi connectivity index (χ4v) is 2.24. The molecule has 2 aromatic rings. The van der Waals surface area contributed by atoms with Crippen LogP contribution in [-0.2, 0) is 9.53 Å². The zero-order valence-corrected chi connectivity index (χ0v) is 10.3. The van der Waals surface area contributed by atoms with Gasteiger partial charge in [0.25, 0.3) is 5.91 Å². The Kier molecular flexibility index (Phi) is 3.55. The van der Waals surface area contributed by atoms with Crippen LogP contribution in [0, 0.1) is 0 Å². The van der Waals surface area contributed by atoms with Crippen LogP contribution in [0.5, 0.6) is 5.75 Å². The van der Waals surface area contributed by atoms with Gasteiger partial charge in [-0.1, -0.05) is 11.3 Å². The van der Waals surface area contributed by atoms with Gasteiger partial charge in [0.2, 0.25) is 0 Å². The molecule has 17 heavy (non-hydrogen) atoms. The fraction of sp³-hybridized carbons (Fsp3) is 0.273. The smallest absolute Gasteiger partial charge is 0.252 e. The number of nitrogens with zero attached hydrogens (tertiary/aromatic N) is 1. The van der Waals surface area contributed by atoms with Gasteiger partial charge in [0.05, 0.1) is 17.3 Å². The summed E-state index contributed by atoms with van der Waals surface area (Å²) in [6.07, 6.45) is 0. The Morgan fingerprint density at radius 1 is 1.47 bits per heavy atom. The van der Waals surface area contributed by atoms with E-state index < -0.39 is 0 Å². The summed E-state index contributed by atoms with van der Waals surface area (Å²) in [6.45, 7) is 0.0270. The van der Waals surface area contributed by atoms with Crippen molar-refractivity contribution in [1.82, 2.24) is 4.98 Å². The molecule has 0 unspecified atom stereocenters. The van der Waals surface area contributed by atoms with Crippen LogP contribution in [0.1, 0.15) is 0 Å². The predicted octanol–water partition coefficient (Wildman–Crippen LogP) is 1.89. The molecule has 5 nitrogen and oxygen atoms in total. The number of hydrogen-bond donors (Lipinski definition) is 1. The summed E-state index contributed by atoms with van der Waals surface area (Å²) in [5.41, 5.74) is 0.807. The first kappa shape index (κ1) is 11.8. The molecule has 0 fully saturated rings. The van der Waals surface area contributed by atoms with E-state index in [4.69, 9.17) is 9.47 Å². The van der Waals surface area contributed by atoms with Crippen molar-refractivity contribution in [2.45, 2.75) is 0 Å². The number of fused-ring (bicyclic) bond motifs is 1. The minimum atomic E-state index is -0.210. The molecule has 1 amide bonds. The molecule has 90 valence electrons. The third-order valence-electron chi connectivity index (χ3n) is 2.12. The molecule has 1 N–H and O–H groups in total. The Bertz CT molecular complexity index is 538. The van der Waals surface area contributed by atoms with E-state index in [2.05, 4.69) is 10.3 Å². The zero-order valence-electron chi connectivity index (χ0n) is 9.52. The number of amides is 1. The molecular formula is C11H12N2O3S. The molecule has 0 aliphatic heterocycles. The number of rotatable bonds is 4. The molecule has 1 aromatic carbocycles. The lowest BCUT2D eigenvalue weighted by Gasteiger charge is -1.98. The number of carbonyl (C=O) groups is 1. The summed E-state index contributed by atoms with van der Waals surface area (Å²) in [5, 5.41) is 3.24. The van der Waals surface area contributed by atoms with E-state index in [9.17, 15) is 4.79 Å². The first-order chi connectivity index (χ1) is 8.22. The molecule has 1 heterocycles. The number of thiazole rings is 1. The highest BCUT2D eigenvalue weighted by atomic mass is 32.1. The number of benzene rings is 1. The molecule has 0 radical (unpaired) electrons. The Hall–Kier alpha value is -1.66. The maximum atomic E-state index is 11.3. The average Bonchev–Trinajstić information content (AvgIpc) is 2.69. The molecule has 0 aliphatic rings. The van der Waals surface area contributed by atoms with Crippen molar-refractivity contribution in [3.63, 3.8) is 0 Å². The molecule has 2 rings (SSSR count). The van der Waals surface area contributed by atoms with Gasteiger partial charge in [-0.2, -0.15) is 0 Å². The molecule has 0 saturated heterocycles. The van der Waals surface area contributed by atoms with E-state index >= 15 is 0 Å². The van der Waals surface area contributed by atoms with Crippen molar-refractivity contribution >= 4 is 32.6 Å². The van der Waals surface area contributed by atoms with Crippen molar-refractivity contribution in [1.29, 1.82) is 0 Å². The van der Waals surface area contributed by atoms with Crippen LogP contribution < -0.4 is 10.1 Å². The summed E-state index contributed by atoms with van der Waals surface area (Å²) in [5.74, 6) is 0.538. The van der Waals surface area contributed by atoms with Gasteiger partial charge in [0.1, 0.15) is 12.4 Å². The highest BCUT2D eigenvalue weighted by molar-refractivity contribution is 7.22. The number of methoxy groups -OCH3 is 2. The summed E-state index contributed by atoms with van der Waals surface area (Å²) in [6, 6.07) is 5.61. The Balaban J connectivity index is 2.22. The minimum Gasteiger partial charge on any atom is -0.497 e. The summed E-state index contributed by atoms with van der Waals surface area (Å²) in [4.78, 5) is 15.6. The molecule has 0 saturated carbocycles. The van der Waals surface area contributed by atoms with Crippen LogP contribution in [0.4, 0.5) is 5.13 Å². The Morgan fingerprint density at radius 3 is 3.00 bits per heavy atom. The second kappa shape index (κ2) is 5.11. The number of nitrogens with one attached hydrogen (secondary N) is 1. The molecular weight excluding hydrogens is 240 g/mol. The van der Waals surface area contributed by atoms with Gasteiger partial charge < -0.3 is 9.47 Å². The number of anilines is 1. The van der Waals surface area contributed by atoms with Crippen LogP contribution in [-0.4, -0.2) is 31.7 Å². The first-order valence-corrected chi connectivity index (χ1v) is 5.78. The Labute approximate surface area is 102 Å². The lowest BCUT2D eigenvalue weighted by Crippen LogP contribution is -2.16.